The summed E-state index contributed by atoms with van der Waals surface area (Å²) in [6.45, 7) is 5.39. The van der Waals surface area contributed by atoms with Gasteiger partial charge in [0.25, 0.3) is 15.9 Å². The normalized spacial score (nSPS) is 10.9. The zero-order valence-corrected chi connectivity index (χ0v) is 19.7. The Morgan fingerprint density at radius 3 is 2.09 bits per heavy atom. The number of carbonyl (C=O) groups excluding carboxylic acids is 2. The number of hydrogen-bond acceptors (Lipinski definition) is 7. The monoisotopic (exact) mass is 487 g/mol. The second-order valence-electron chi connectivity index (χ2n) is 6.95. The van der Waals surface area contributed by atoms with Gasteiger partial charge in [-0.25, -0.2) is 8.42 Å². The van der Waals surface area contributed by atoms with Crippen LogP contribution in [0.2, 0.25) is 0 Å². The lowest BCUT2D eigenvalue weighted by atomic mass is 10.2. The number of sulfonamides is 1. The molecule has 180 valence electrons. The maximum Gasteiger partial charge on any atom is 0.291 e. The van der Waals surface area contributed by atoms with Crippen LogP contribution in [0.5, 0.6) is 11.5 Å². The molecule has 0 aliphatic carbocycles. The molecule has 3 N–H and O–H groups in total. The molecule has 0 aliphatic rings. The first-order valence-electron chi connectivity index (χ1n) is 10.4. The van der Waals surface area contributed by atoms with Crippen LogP contribution in [0.3, 0.4) is 0 Å². The van der Waals surface area contributed by atoms with E-state index in [9.17, 15) is 18.0 Å². The van der Waals surface area contributed by atoms with E-state index in [0.29, 0.717) is 5.69 Å². The quantitative estimate of drug-likeness (QED) is 0.392. The number of furan rings is 1. The van der Waals surface area contributed by atoms with Crippen LogP contribution in [-0.4, -0.2) is 33.4 Å². The van der Waals surface area contributed by atoms with Gasteiger partial charge < -0.3 is 24.5 Å². The second-order valence-corrected chi connectivity index (χ2v) is 8.64. The topological polar surface area (TPSA) is 136 Å². The predicted molar refractivity (Wildman–Crippen MR) is 127 cm³/mol. The minimum Gasteiger partial charge on any atom is -0.492 e. The Hall–Kier alpha value is -3.99. The van der Waals surface area contributed by atoms with E-state index in [0.717, 1.165) is 0 Å². The SMILES string of the molecule is CCOc1cc(NS(=O)(=O)c2ccc(NC(C)=O)cc2)c(OCC)cc1NC(=O)c1ccco1. The molecule has 0 spiro atoms. The fraction of sp³-hybridized carbons (Fsp3) is 0.217. The molecule has 0 unspecified atom stereocenters. The van der Waals surface area contributed by atoms with Gasteiger partial charge in [-0.05, 0) is 50.2 Å². The Balaban J connectivity index is 1.93. The predicted octanol–water partition coefficient (Wildman–Crippen LogP) is 4.09. The first kappa shape index (κ1) is 24.6. The first-order chi connectivity index (χ1) is 16.2. The van der Waals surface area contributed by atoms with Crippen molar-refractivity contribution in [2.24, 2.45) is 0 Å². The molecule has 0 fully saturated rings. The molecule has 1 aromatic heterocycles. The number of amides is 2. The van der Waals surface area contributed by atoms with Crippen molar-refractivity contribution < 1.29 is 31.9 Å². The van der Waals surface area contributed by atoms with Gasteiger partial charge in [-0.2, -0.15) is 0 Å². The molecule has 3 aromatic rings. The molecule has 1 heterocycles. The Morgan fingerprint density at radius 2 is 1.53 bits per heavy atom. The summed E-state index contributed by atoms with van der Waals surface area (Å²) >= 11 is 0. The van der Waals surface area contributed by atoms with E-state index in [4.69, 9.17) is 13.9 Å². The molecular formula is C23H25N3O7S. The van der Waals surface area contributed by atoms with Crippen molar-refractivity contribution in [2.75, 3.05) is 28.6 Å². The van der Waals surface area contributed by atoms with Crippen molar-refractivity contribution in [3.8, 4) is 11.5 Å². The van der Waals surface area contributed by atoms with Gasteiger partial charge in [0.2, 0.25) is 5.91 Å². The zero-order valence-electron chi connectivity index (χ0n) is 18.9. The van der Waals surface area contributed by atoms with Gasteiger partial charge in [-0.1, -0.05) is 0 Å². The summed E-state index contributed by atoms with van der Waals surface area (Å²) in [6.07, 6.45) is 1.38. The fourth-order valence-corrected chi connectivity index (χ4v) is 4.06. The highest BCUT2D eigenvalue weighted by atomic mass is 32.2. The van der Waals surface area contributed by atoms with Crippen LogP contribution in [0, 0.1) is 0 Å². The molecule has 0 saturated carbocycles. The molecular weight excluding hydrogens is 462 g/mol. The summed E-state index contributed by atoms with van der Waals surface area (Å²) in [5, 5.41) is 5.27. The average Bonchev–Trinajstić information content (AvgIpc) is 3.32. The standard InChI is InChI=1S/C23H25N3O7S/c1-4-31-21-14-19(26-34(29,30)17-10-8-16(9-11-17)24-15(3)27)22(32-5-2)13-18(21)25-23(28)20-7-6-12-33-20/h6-14,26H,4-5H2,1-3H3,(H,24,27)(H,25,28). The third-order valence-corrected chi connectivity index (χ3v) is 5.79. The Morgan fingerprint density at radius 1 is 0.912 bits per heavy atom. The maximum atomic E-state index is 13.0. The zero-order chi connectivity index (χ0) is 24.7. The molecule has 0 bridgehead atoms. The van der Waals surface area contributed by atoms with Crippen LogP contribution in [-0.2, 0) is 14.8 Å². The number of nitrogens with one attached hydrogen (secondary N) is 3. The third-order valence-electron chi connectivity index (χ3n) is 4.40. The number of hydrogen-bond donors (Lipinski definition) is 3. The van der Waals surface area contributed by atoms with Crippen LogP contribution in [0.1, 0.15) is 31.3 Å². The van der Waals surface area contributed by atoms with E-state index in [2.05, 4.69) is 15.4 Å². The highest BCUT2D eigenvalue weighted by molar-refractivity contribution is 7.92. The Labute approximate surface area is 197 Å². The summed E-state index contributed by atoms with van der Waals surface area (Å²) in [6, 6.07) is 11.7. The number of benzene rings is 2. The number of carbonyl (C=O) groups is 2. The van der Waals surface area contributed by atoms with Gasteiger partial charge in [0.05, 0.1) is 35.7 Å². The highest BCUT2D eigenvalue weighted by Gasteiger charge is 2.21. The lowest BCUT2D eigenvalue weighted by Crippen LogP contribution is -2.16. The molecule has 0 radical (unpaired) electrons. The molecule has 0 aliphatic heterocycles. The van der Waals surface area contributed by atoms with Gasteiger partial charge in [-0.3, -0.25) is 14.3 Å². The van der Waals surface area contributed by atoms with Crippen LogP contribution in [0.15, 0.2) is 64.1 Å². The summed E-state index contributed by atoms with van der Waals surface area (Å²) in [5.41, 5.74) is 0.887. The third kappa shape index (κ3) is 6.07. The molecule has 34 heavy (non-hydrogen) atoms. The van der Waals surface area contributed by atoms with Crippen molar-refractivity contribution >= 4 is 38.9 Å². The van der Waals surface area contributed by atoms with E-state index >= 15 is 0 Å². The van der Waals surface area contributed by atoms with Crippen LogP contribution < -0.4 is 24.8 Å². The lowest BCUT2D eigenvalue weighted by Gasteiger charge is -2.18. The average molecular weight is 488 g/mol. The number of anilines is 3. The summed E-state index contributed by atoms with van der Waals surface area (Å²) < 4.78 is 44.9. The lowest BCUT2D eigenvalue weighted by molar-refractivity contribution is -0.114. The highest BCUT2D eigenvalue weighted by Crippen LogP contribution is 2.38. The Kier molecular flexibility index (Phi) is 7.79. The van der Waals surface area contributed by atoms with Gasteiger partial charge >= 0.3 is 0 Å². The van der Waals surface area contributed by atoms with Gasteiger partial charge in [0, 0.05) is 24.7 Å². The van der Waals surface area contributed by atoms with Crippen molar-refractivity contribution in [1.29, 1.82) is 0 Å². The fourth-order valence-electron chi connectivity index (χ4n) is 3.00. The molecule has 2 amide bonds. The van der Waals surface area contributed by atoms with E-state index in [-0.39, 0.29) is 52.7 Å². The van der Waals surface area contributed by atoms with E-state index in [1.54, 1.807) is 19.9 Å². The van der Waals surface area contributed by atoms with E-state index in [1.165, 1.54) is 55.7 Å². The summed E-state index contributed by atoms with van der Waals surface area (Å²) in [5.74, 6) is -0.227. The van der Waals surface area contributed by atoms with Crippen LogP contribution in [0.25, 0.3) is 0 Å². The van der Waals surface area contributed by atoms with E-state index in [1.807, 2.05) is 0 Å². The van der Waals surface area contributed by atoms with Gasteiger partial charge in [-0.15, -0.1) is 0 Å². The van der Waals surface area contributed by atoms with Crippen molar-refractivity contribution in [1.82, 2.24) is 0 Å². The molecule has 2 aromatic carbocycles. The largest absolute Gasteiger partial charge is 0.492 e. The minimum absolute atomic E-state index is 0.0165. The minimum atomic E-state index is -4.00. The van der Waals surface area contributed by atoms with E-state index < -0.39 is 15.9 Å². The van der Waals surface area contributed by atoms with Crippen molar-refractivity contribution in [3.63, 3.8) is 0 Å². The smallest absolute Gasteiger partial charge is 0.291 e. The molecule has 0 saturated heterocycles. The Bertz CT molecular complexity index is 1250. The molecule has 0 atom stereocenters. The molecule has 10 nitrogen and oxygen atoms in total. The summed E-state index contributed by atoms with van der Waals surface area (Å²) in [7, 11) is -4.00. The van der Waals surface area contributed by atoms with Crippen LogP contribution in [0.4, 0.5) is 17.1 Å². The molecule has 11 heteroatoms. The number of rotatable bonds is 10. The second kappa shape index (κ2) is 10.8. The maximum absolute atomic E-state index is 13.0. The van der Waals surface area contributed by atoms with Gasteiger partial charge in [0.15, 0.2) is 5.76 Å². The van der Waals surface area contributed by atoms with Gasteiger partial charge in [0.1, 0.15) is 11.5 Å². The summed E-state index contributed by atoms with van der Waals surface area (Å²) in [4.78, 5) is 23.6. The first-order valence-corrected chi connectivity index (χ1v) is 11.9. The van der Waals surface area contributed by atoms with Crippen LogP contribution >= 0.6 is 0 Å². The van der Waals surface area contributed by atoms with Crippen molar-refractivity contribution in [2.45, 2.75) is 25.7 Å². The molecule has 3 rings (SSSR count). The number of ether oxygens (including phenoxy) is 2. The van der Waals surface area contributed by atoms with Crippen molar-refractivity contribution in [3.05, 3.63) is 60.6 Å².